The molecule has 0 saturated carbocycles. The van der Waals surface area contributed by atoms with Gasteiger partial charge in [-0.1, -0.05) is 12.2 Å². The summed E-state index contributed by atoms with van der Waals surface area (Å²) in [5.74, 6) is 0. The molecule has 13 heavy (non-hydrogen) atoms. The SMILES string of the molecule is CC1C=CC=CN1S(=O)(=O)C(C)C. The van der Waals surface area contributed by atoms with Gasteiger partial charge >= 0.3 is 0 Å². The summed E-state index contributed by atoms with van der Waals surface area (Å²) in [5.41, 5.74) is 0. The standard InChI is InChI=1S/C9H15NO2S/c1-8(2)13(11,12)10-7-5-4-6-9(10)3/h4-9H,1-3H3. The molecule has 0 aromatic rings. The van der Waals surface area contributed by atoms with Crippen molar-refractivity contribution in [3.63, 3.8) is 0 Å². The van der Waals surface area contributed by atoms with Gasteiger partial charge in [0.25, 0.3) is 0 Å². The Labute approximate surface area is 79.8 Å². The number of rotatable bonds is 2. The lowest BCUT2D eigenvalue weighted by molar-refractivity contribution is 0.457. The van der Waals surface area contributed by atoms with E-state index in [1.165, 1.54) is 4.31 Å². The summed E-state index contributed by atoms with van der Waals surface area (Å²) < 4.78 is 24.9. The van der Waals surface area contributed by atoms with Crippen LogP contribution < -0.4 is 0 Å². The summed E-state index contributed by atoms with van der Waals surface area (Å²) in [5, 5.41) is -0.369. The van der Waals surface area contributed by atoms with E-state index < -0.39 is 10.0 Å². The van der Waals surface area contributed by atoms with E-state index in [9.17, 15) is 8.42 Å². The number of hydrogen-bond donors (Lipinski definition) is 0. The highest BCUT2D eigenvalue weighted by Crippen LogP contribution is 2.16. The molecule has 0 saturated heterocycles. The lowest BCUT2D eigenvalue weighted by atomic mass is 10.2. The Balaban J connectivity index is 2.96. The van der Waals surface area contributed by atoms with Gasteiger partial charge in [-0.25, -0.2) is 8.42 Å². The molecule has 0 aromatic carbocycles. The molecule has 0 aromatic heterocycles. The fraction of sp³-hybridized carbons (Fsp3) is 0.556. The maximum atomic E-state index is 11.7. The maximum absolute atomic E-state index is 11.7. The van der Waals surface area contributed by atoms with Gasteiger partial charge in [0.1, 0.15) is 0 Å². The first kappa shape index (κ1) is 10.3. The molecule has 0 spiro atoms. The van der Waals surface area contributed by atoms with E-state index in [0.29, 0.717) is 0 Å². The first-order valence-corrected chi connectivity index (χ1v) is 5.84. The van der Waals surface area contributed by atoms with E-state index in [-0.39, 0.29) is 11.3 Å². The Hall–Kier alpha value is -0.770. The molecule has 4 heteroatoms. The Morgan fingerprint density at radius 2 is 1.92 bits per heavy atom. The fourth-order valence-corrected chi connectivity index (χ4v) is 2.40. The van der Waals surface area contributed by atoms with Crippen molar-refractivity contribution in [1.82, 2.24) is 4.31 Å². The van der Waals surface area contributed by atoms with Crippen LogP contribution in [0.15, 0.2) is 24.4 Å². The molecule has 3 nitrogen and oxygen atoms in total. The van der Waals surface area contributed by atoms with Crippen molar-refractivity contribution >= 4 is 10.0 Å². The third-order valence-electron chi connectivity index (χ3n) is 2.02. The smallest absolute Gasteiger partial charge is 0.237 e. The highest BCUT2D eigenvalue weighted by atomic mass is 32.2. The summed E-state index contributed by atoms with van der Waals surface area (Å²) in [4.78, 5) is 0. The average Bonchev–Trinajstić information content (AvgIpc) is 2.04. The van der Waals surface area contributed by atoms with Gasteiger partial charge in [0.15, 0.2) is 0 Å². The highest BCUT2D eigenvalue weighted by molar-refractivity contribution is 7.89. The van der Waals surface area contributed by atoms with E-state index in [1.54, 1.807) is 26.1 Å². The molecule has 0 N–H and O–H groups in total. The number of sulfonamides is 1. The van der Waals surface area contributed by atoms with Gasteiger partial charge in [-0.2, -0.15) is 0 Å². The van der Waals surface area contributed by atoms with E-state index in [0.717, 1.165) is 0 Å². The summed E-state index contributed by atoms with van der Waals surface area (Å²) in [6, 6.07) is -0.0719. The Morgan fingerprint density at radius 1 is 1.31 bits per heavy atom. The molecular formula is C9H15NO2S. The zero-order chi connectivity index (χ0) is 10.1. The van der Waals surface area contributed by atoms with Crippen molar-refractivity contribution < 1.29 is 8.42 Å². The molecule has 0 aliphatic carbocycles. The lowest BCUT2D eigenvalue weighted by Gasteiger charge is -2.28. The Morgan fingerprint density at radius 3 is 2.38 bits per heavy atom. The minimum absolute atomic E-state index is 0.0719. The Kier molecular flexibility index (Phi) is 2.81. The second-order valence-corrected chi connectivity index (χ2v) is 5.79. The number of hydrogen-bond acceptors (Lipinski definition) is 2. The molecule has 0 radical (unpaired) electrons. The van der Waals surface area contributed by atoms with Crippen LogP contribution >= 0.6 is 0 Å². The van der Waals surface area contributed by atoms with Gasteiger partial charge in [0.2, 0.25) is 10.0 Å². The van der Waals surface area contributed by atoms with Crippen LogP contribution in [0.2, 0.25) is 0 Å². The molecule has 1 unspecified atom stereocenters. The van der Waals surface area contributed by atoms with Crippen LogP contribution in [0.25, 0.3) is 0 Å². The second-order valence-electron chi connectivity index (χ2n) is 3.39. The molecular weight excluding hydrogens is 186 g/mol. The van der Waals surface area contributed by atoms with Gasteiger partial charge in [-0.15, -0.1) is 0 Å². The highest BCUT2D eigenvalue weighted by Gasteiger charge is 2.26. The van der Waals surface area contributed by atoms with Crippen LogP contribution in [0.1, 0.15) is 20.8 Å². The van der Waals surface area contributed by atoms with Crippen molar-refractivity contribution in [3.05, 3.63) is 24.4 Å². The van der Waals surface area contributed by atoms with Crippen LogP contribution in [0.3, 0.4) is 0 Å². The van der Waals surface area contributed by atoms with Crippen LogP contribution in [-0.2, 0) is 10.0 Å². The third-order valence-corrected chi connectivity index (χ3v) is 4.26. The van der Waals surface area contributed by atoms with Crippen molar-refractivity contribution in [2.24, 2.45) is 0 Å². The van der Waals surface area contributed by atoms with Gasteiger partial charge < -0.3 is 0 Å². The molecule has 1 rings (SSSR count). The van der Waals surface area contributed by atoms with Crippen molar-refractivity contribution in [2.45, 2.75) is 32.1 Å². The predicted octanol–water partition coefficient (Wildman–Crippen LogP) is 1.50. The van der Waals surface area contributed by atoms with Crippen LogP contribution in [-0.4, -0.2) is 24.0 Å². The monoisotopic (exact) mass is 201 g/mol. The maximum Gasteiger partial charge on any atom is 0.237 e. The third kappa shape index (κ3) is 1.94. The second kappa shape index (κ2) is 3.54. The zero-order valence-corrected chi connectivity index (χ0v) is 8.95. The molecule has 74 valence electrons. The normalized spacial score (nSPS) is 22.8. The van der Waals surface area contributed by atoms with E-state index >= 15 is 0 Å². The van der Waals surface area contributed by atoms with Crippen LogP contribution in [0.4, 0.5) is 0 Å². The fourth-order valence-electron chi connectivity index (χ4n) is 1.14. The van der Waals surface area contributed by atoms with Crippen LogP contribution in [0, 0.1) is 0 Å². The minimum Gasteiger partial charge on any atom is -0.270 e. The van der Waals surface area contributed by atoms with Gasteiger partial charge in [0, 0.05) is 6.20 Å². The van der Waals surface area contributed by atoms with Gasteiger partial charge in [0.05, 0.1) is 11.3 Å². The van der Waals surface area contributed by atoms with Gasteiger partial charge in [-0.3, -0.25) is 4.31 Å². The van der Waals surface area contributed by atoms with Crippen molar-refractivity contribution in [1.29, 1.82) is 0 Å². The molecule has 1 heterocycles. The molecule has 0 fully saturated rings. The zero-order valence-electron chi connectivity index (χ0n) is 8.14. The number of nitrogens with zero attached hydrogens (tertiary/aromatic N) is 1. The van der Waals surface area contributed by atoms with Crippen LogP contribution in [0.5, 0.6) is 0 Å². The Bertz CT molecular complexity index is 328. The molecule has 1 aliphatic heterocycles. The molecule has 0 bridgehead atoms. The first-order chi connectivity index (χ1) is 5.96. The average molecular weight is 201 g/mol. The van der Waals surface area contributed by atoms with E-state index in [4.69, 9.17) is 0 Å². The van der Waals surface area contributed by atoms with Crippen molar-refractivity contribution in [2.75, 3.05) is 0 Å². The van der Waals surface area contributed by atoms with Crippen molar-refractivity contribution in [3.8, 4) is 0 Å². The molecule has 0 amide bonds. The largest absolute Gasteiger partial charge is 0.270 e. The minimum atomic E-state index is -3.15. The summed E-state index contributed by atoms with van der Waals surface area (Å²) in [6.45, 7) is 5.24. The summed E-state index contributed by atoms with van der Waals surface area (Å²) in [6.07, 6.45) is 7.07. The number of allylic oxidation sites excluding steroid dienone is 2. The topological polar surface area (TPSA) is 37.4 Å². The summed E-state index contributed by atoms with van der Waals surface area (Å²) >= 11 is 0. The molecule has 1 atom stereocenters. The quantitative estimate of drug-likeness (QED) is 0.679. The first-order valence-electron chi connectivity index (χ1n) is 4.33. The summed E-state index contributed by atoms with van der Waals surface area (Å²) in [7, 11) is -3.15. The lowest BCUT2D eigenvalue weighted by Crippen LogP contribution is -2.38. The van der Waals surface area contributed by atoms with Gasteiger partial charge in [-0.05, 0) is 26.8 Å². The van der Waals surface area contributed by atoms with E-state index in [1.807, 2.05) is 19.1 Å². The molecule has 1 aliphatic rings. The predicted molar refractivity (Wildman–Crippen MR) is 53.6 cm³/mol. The van der Waals surface area contributed by atoms with E-state index in [2.05, 4.69) is 0 Å².